The summed E-state index contributed by atoms with van der Waals surface area (Å²) in [7, 11) is 0. The second kappa shape index (κ2) is 9.06. The number of carbonyl (C=O) groups is 1. The molecule has 0 unspecified atom stereocenters. The van der Waals surface area contributed by atoms with Gasteiger partial charge < -0.3 is 14.4 Å². The van der Waals surface area contributed by atoms with Gasteiger partial charge in [-0.05, 0) is 41.8 Å². The highest BCUT2D eigenvalue weighted by molar-refractivity contribution is 6.32. The molecule has 2 aromatic carbocycles. The lowest BCUT2D eigenvalue weighted by Crippen LogP contribution is -2.40. The third-order valence-corrected chi connectivity index (χ3v) is 4.75. The van der Waals surface area contributed by atoms with Crippen molar-refractivity contribution in [2.45, 2.75) is 19.8 Å². The molecule has 0 saturated carbocycles. The number of hydrogen-bond acceptors (Lipinski definition) is 3. The summed E-state index contributed by atoms with van der Waals surface area (Å²) >= 11 is 6.34. The van der Waals surface area contributed by atoms with Gasteiger partial charge in [-0.2, -0.15) is 0 Å². The Morgan fingerprint density at radius 2 is 1.81 bits per heavy atom. The molecule has 1 aliphatic rings. The van der Waals surface area contributed by atoms with Gasteiger partial charge in [-0.1, -0.05) is 43.1 Å². The van der Waals surface area contributed by atoms with Gasteiger partial charge in [0.25, 0.3) is 5.91 Å². The van der Waals surface area contributed by atoms with Crippen LogP contribution in [0.15, 0.2) is 42.5 Å². The van der Waals surface area contributed by atoms with Crippen molar-refractivity contribution in [1.29, 1.82) is 0 Å². The predicted molar refractivity (Wildman–Crippen MR) is 104 cm³/mol. The first-order valence-corrected chi connectivity index (χ1v) is 9.46. The van der Waals surface area contributed by atoms with Crippen molar-refractivity contribution in [1.82, 2.24) is 4.90 Å². The number of nitrogens with zero attached hydrogens (tertiary/aromatic N) is 1. The molecular formula is C21H24ClNO3. The van der Waals surface area contributed by atoms with Crippen LogP contribution in [0.3, 0.4) is 0 Å². The van der Waals surface area contributed by atoms with E-state index in [1.807, 2.05) is 47.4 Å². The van der Waals surface area contributed by atoms with Crippen molar-refractivity contribution in [3.05, 3.63) is 53.1 Å². The summed E-state index contributed by atoms with van der Waals surface area (Å²) in [4.78, 5) is 14.3. The molecule has 26 heavy (non-hydrogen) atoms. The van der Waals surface area contributed by atoms with Crippen LogP contribution in [-0.2, 0) is 4.74 Å². The largest absolute Gasteiger partial charge is 0.492 e. The first-order chi connectivity index (χ1) is 12.7. The summed E-state index contributed by atoms with van der Waals surface area (Å²) in [6, 6.07) is 13.4. The average Bonchev–Trinajstić information content (AvgIpc) is 2.69. The summed E-state index contributed by atoms with van der Waals surface area (Å²) < 4.78 is 11.0. The Balaban J connectivity index is 1.70. The van der Waals surface area contributed by atoms with Crippen molar-refractivity contribution in [2.24, 2.45) is 0 Å². The van der Waals surface area contributed by atoms with Crippen LogP contribution in [0.4, 0.5) is 0 Å². The fourth-order valence-corrected chi connectivity index (χ4v) is 3.11. The fraction of sp³-hybridized carbons (Fsp3) is 0.381. The van der Waals surface area contributed by atoms with Crippen molar-refractivity contribution in [2.75, 3.05) is 32.9 Å². The number of hydrogen-bond donors (Lipinski definition) is 0. The highest BCUT2D eigenvalue weighted by atomic mass is 35.5. The van der Waals surface area contributed by atoms with Gasteiger partial charge in [0, 0.05) is 18.7 Å². The van der Waals surface area contributed by atoms with Gasteiger partial charge in [0.2, 0.25) is 0 Å². The number of benzene rings is 2. The molecule has 138 valence electrons. The molecule has 1 saturated heterocycles. The standard InChI is InChI=1S/C21H24ClNO3/c1-2-3-12-26-20-9-8-18(15-19(20)22)16-4-6-17(7-5-16)21(24)23-10-13-25-14-11-23/h4-9,15H,2-3,10-14H2,1H3. The van der Waals surface area contributed by atoms with Crippen molar-refractivity contribution < 1.29 is 14.3 Å². The Morgan fingerprint density at radius 3 is 2.46 bits per heavy atom. The molecule has 1 heterocycles. The van der Waals surface area contributed by atoms with Crippen LogP contribution in [0.2, 0.25) is 5.02 Å². The minimum absolute atomic E-state index is 0.0533. The fourth-order valence-electron chi connectivity index (χ4n) is 2.88. The van der Waals surface area contributed by atoms with Crippen LogP contribution in [0.5, 0.6) is 5.75 Å². The van der Waals surface area contributed by atoms with Gasteiger partial charge in [-0.3, -0.25) is 4.79 Å². The van der Waals surface area contributed by atoms with Crippen LogP contribution in [0.25, 0.3) is 11.1 Å². The number of unbranched alkanes of at least 4 members (excludes halogenated alkanes) is 1. The molecule has 1 aliphatic heterocycles. The minimum Gasteiger partial charge on any atom is -0.492 e. The molecule has 0 aromatic heterocycles. The molecule has 0 spiro atoms. The molecule has 1 amide bonds. The summed E-state index contributed by atoms with van der Waals surface area (Å²) in [6.45, 7) is 5.31. The molecule has 0 radical (unpaired) electrons. The quantitative estimate of drug-likeness (QED) is 0.691. The summed E-state index contributed by atoms with van der Waals surface area (Å²) in [5, 5.41) is 0.604. The zero-order chi connectivity index (χ0) is 18.4. The normalized spacial score (nSPS) is 14.3. The van der Waals surface area contributed by atoms with Gasteiger partial charge >= 0.3 is 0 Å². The number of rotatable bonds is 6. The molecule has 5 heteroatoms. The highest BCUT2D eigenvalue weighted by Gasteiger charge is 2.18. The number of halogens is 1. The minimum atomic E-state index is 0.0533. The first-order valence-electron chi connectivity index (χ1n) is 9.09. The Morgan fingerprint density at radius 1 is 1.12 bits per heavy atom. The molecular weight excluding hydrogens is 350 g/mol. The zero-order valence-electron chi connectivity index (χ0n) is 15.0. The van der Waals surface area contributed by atoms with Crippen LogP contribution in [0.1, 0.15) is 30.1 Å². The Labute approximate surface area is 159 Å². The summed E-state index contributed by atoms with van der Waals surface area (Å²) in [5.74, 6) is 0.764. The maximum atomic E-state index is 12.5. The molecule has 0 aliphatic carbocycles. The van der Waals surface area contributed by atoms with Crippen LogP contribution in [-0.4, -0.2) is 43.7 Å². The van der Waals surface area contributed by atoms with E-state index in [1.165, 1.54) is 0 Å². The molecule has 0 atom stereocenters. The lowest BCUT2D eigenvalue weighted by atomic mass is 10.0. The number of ether oxygens (including phenoxy) is 2. The van der Waals surface area contributed by atoms with Crippen LogP contribution >= 0.6 is 11.6 Å². The van der Waals surface area contributed by atoms with Gasteiger partial charge in [0.15, 0.2) is 0 Å². The van der Waals surface area contributed by atoms with Crippen molar-refractivity contribution in [3.8, 4) is 16.9 Å². The van der Waals surface area contributed by atoms with Crippen LogP contribution < -0.4 is 4.74 Å². The number of amides is 1. The van der Waals surface area contributed by atoms with E-state index >= 15 is 0 Å². The van der Waals surface area contributed by atoms with E-state index in [0.29, 0.717) is 49.2 Å². The third-order valence-electron chi connectivity index (χ3n) is 4.45. The van der Waals surface area contributed by atoms with E-state index in [1.54, 1.807) is 0 Å². The van der Waals surface area contributed by atoms with Gasteiger partial charge in [-0.25, -0.2) is 0 Å². The third kappa shape index (κ3) is 4.57. The second-order valence-electron chi connectivity index (χ2n) is 6.33. The maximum Gasteiger partial charge on any atom is 0.254 e. The zero-order valence-corrected chi connectivity index (χ0v) is 15.8. The molecule has 0 bridgehead atoms. The van der Waals surface area contributed by atoms with Crippen molar-refractivity contribution in [3.63, 3.8) is 0 Å². The Hall–Kier alpha value is -2.04. The monoisotopic (exact) mass is 373 g/mol. The molecule has 0 N–H and O–H groups in total. The molecule has 2 aromatic rings. The van der Waals surface area contributed by atoms with E-state index in [4.69, 9.17) is 21.1 Å². The summed E-state index contributed by atoms with van der Waals surface area (Å²) in [5.41, 5.74) is 2.72. The Bertz CT molecular complexity index is 739. The van der Waals surface area contributed by atoms with E-state index in [2.05, 4.69) is 6.92 Å². The average molecular weight is 374 g/mol. The van der Waals surface area contributed by atoms with Gasteiger partial charge in [0.1, 0.15) is 5.75 Å². The van der Waals surface area contributed by atoms with Crippen LogP contribution in [0, 0.1) is 0 Å². The molecule has 4 nitrogen and oxygen atoms in total. The van der Waals surface area contributed by atoms with Gasteiger partial charge in [-0.15, -0.1) is 0 Å². The number of carbonyl (C=O) groups excluding carboxylic acids is 1. The maximum absolute atomic E-state index is 12.5. The van der Waals surface area contributed by atoms with E-state index in [9.17, 15) is 4.79 Å². The SMILES string of the molecule is CCCCOc1ccc(-c2ccc(C(=O)N3CCOCC3)cc2)cc1Cl. The first kappa shape index (κ1) is 18.7. The highest BCUT2D eigenvalue weighted by Crippen LogP contribution is 2.30. The Kier molecular flexibility index (Phi) is 6.53. The lowest BCUT2D eigenvalue weighted by Gasteiger charge is -2.26. The number of morpholine rings is 1. The lowest BCUT2D eigenvalue weighted by molar-refractivity contribution is 0.0303. The van der Waals surface area contributed by atoms with Gasteiger partial charge in [0.05, 0.1) is 24.8 Å². The van der Waals surface area contributed by atoms with E-state index < -0.39 is 0 Å². The topological polar surface area (TPSA) is 38.8 Å². The molecule has 3 rings (SSSR count). The van der Waals surface area contributed by atoms with Crippen molar-refractivity contribution >= 4 is 17.5 Å². The predicted octanol–water partition coefficient (Wildman–Crippen LogP) is 4.66. The van der Waals surface area contributed by atoms with E-state index in [-0.39, 0.29) is 5.91 Å². The smallest absolute Gasteiger partial charge is 0.254 e. The van der Waals surface area contributed by atoms with E-state index in [0.717, 1.165) is 24.0 Å². The molecule has 1 fully saturated rings. The second-order valence-corrected chi connectivity index (χ2v) is 6.74. The summed E-state index contributed by atoms with van der Waals surface area (Å²) in [6.07, 6.45) is 2.10.